The fraction of sp³-hybridized carbons (Fsp3) is 0.667. The predicted molar refractivity (Wildman–Crippen MR) is 131 cm³/mol. The van der Waals surface area contributed by atoms with E-state index in [1.165, 1.54) is 0 Å². The lowest BCUT2D eigenvalue weighted by atomic mass is 10.1. The Morgan fingerprint density at radius 3 is 2.12 bits per heavy atom. The number of carbonyl (C=O) groups excluding carboxylic acids is 2. The Morgan fingerprint density at radius 1 is 0.970 bits per heavy atom. The number of nitrogens with zero attached hydrogens (tertiary/aromatic N) is 1. The highest BCUT2D eigenvalue weighted by molar-refractivity contribution is 6.60. The van der Waals surface area contributed by atoms with Crippen molar-refractivity contribution in [2.45, 2.75) is 66.0 Å². The fourth-order valence-corrected chi connectivity index (χ4v) is 6.20. The summed E-state index contributed by atoms with van der Waals surface area (Å²) in [7, 11) is -2.73. The summed E-state index contributed by atoms with van der Waals surface area (Å²) in [6.07, 6.45) is 1.54. The van der Waals surface area contributed by atoms with Crippen molar-refractivity contribution in [1.82, 2.24) is 10.2 Å². The summed E-state index contributed by atoms with van der Waals surface area (Å²) in [6, 6.07) is 10.1. The van der Waals surface area contributed by atoms with Gasteiger partial charge in [-0.15, -0.1) is 0 Å². The van der Waals surface area contributed by atoms with Gasteiger partial charge in [0.1, 0.15) is 0 Å². The van der Waals surface area contributed by atoms with E-state index in [2.05, 4.69) is 5.32 Å². The molecule has 0 aliphatic heterocycles. The zero-order valence-corrected chi connectivity index (χ0v) is 21.9. The highest BCUT2D eigenvalue weighted by Crippen LogP contribution is 2.18. The number of amides is 2. The molecule has 188 valence electrons. The lowest BCUT2D eigenvalue weighted by molar-refractivity contribution is -0.144. The second-order valence-electron chi connectivity index (χ2n) is 7.60. The van der Waals surface area contributed by atoms with Crippen LogP contribution in [0.1, 0.15) is 53.0 Å². The monoisotopic (exact) mass is 482 g/mol. The molecule has 0 aliphatic rings. The van der Waals surface area contributed by atoms with E-state index in [0.29, 0.717) is 58.4 Å². The molecule has 0 spiro atoms. The van der Waals surface area contributed by atoms with Gasteiger partial charge in [-0.3, -0.25) is 4.79 Å². The second-order valence-corrected chi connectivity index (χ2v) is 10.3. The summed E-state index contributed by atoms with van der Waals surface area (Å²) in [5, 5.41) is 2.99. The van der Waals surface area contributed by atoms with Crippen molar-refractivity contribution >= 4 is 20.8 Å². The van der Waals surface area contributed by atoms with Gasteiger partial charge in [0.15, 0.2) is 0 Å². The van der Waals surface area contributed by atoms with Crippen LogP contribution < -0.4 is 5.32 Å². The van der Waals surface area contributed by atoms with Crippen molar-refractivity contribution in [3.05, 3.63) is 35.9 Å². The van der Waals surface area contributed by atoms with E-state index in [1.807, 2.05) is 58.0 Å². The Kier molecular flexibility index (Phi) is 14.7. The SMILES string of the molecule is CCOC(=O)CC(C)N(CCc1ccccc1)C(=O)NCCC[Si](OCC)(OCC)OCC. The number of benzene rings is 1. The van der Waals surface area contributed by atoms with Crippen molar-refractivity contribution in [3.8, 4) is 0 Å². The van der Waals surface area contributed by atoms with Crippen molar-refractivity contribution in [1.29, 1.82) is 0 Å². The Labute approximate surface area is 200 Å². The molecule has 0 radical (unpaired) electrons. The minimum absolute atomic E-state index is 0.158. The third kappa shape index (κ3) is 11.2. The molecule has 0 saturated carbocycles. The molecule has 2 amide bonds. The standard InChI is InChI=1S/C24H42N2O6Si/c1-6-29-23(27)20-21(5)26(18-16-22-14-11-10-12-15-22)24(28)25-17-13-19-33(30-7-2,31-8-3)32-9-4/h10-12,14-15,21H,6-9,13,16-20H2,1-5H3,(H,25,28). The van der Waals surface area contributed by atoms with E-state index in [-0.39, 0.29) is 24.5 Å². The van der Waals surface area contributed by atoms with Crippen molar-refractivity contribution in [3.63, 3.8) is 0 Å². The Hall–Kier alpha value is -1.94. The zero-order valence-electron chi connectivity index (χ0n) is 20.9. The van der Waals surface area contributed by atoms with Gasteiger partial charge in [0, 0.05) is 45.0 Å². The molecule has 8 nitrogen and oxygen atoms in total. The van der Waals surface area contributed by atoms with Crippen LogP contribution in [0.15, 0.2) is 30.3 Å². The van der Waals surface area contributed by atoms with E-state index < -0.39 is 8.80 Å². The van der Waals surface area contributed by atoms with Crippen molar-refractivity contribution in [2.75, 3.05) is 39.5 Å². The quantitative estimate of drug-likeness (QED) is 0.205. The van der Waals surface area contributed by atoms with Crippen LogP contribution in [-0.4, -0.2) is 71.3 Å². The molecule has 0 heterocycles. The van der Waals surface area contributed by atoms with Crippen LogP contribution in [0.25, 0.3) is 0 Å². The second kappa shape index (κ2) is 16.6. The lowest BCUT2D eigenvalue weighted by Crippen LogP contribution is -2.48. The van der Waals surface area contributed by atoms with E-state index >= 15 is 0 Å². The normalized spacial score (nSPS) is 12.3. The first-order valence-corrected chi connectivity index (χ1v) is 14.0. The summed E-state index contributed by atoms with van der Waals surface area (Å²) >= 11 is 0. The van der Waals surface area contributed by atoms with Crippen LogP contribution in [0.3, 0.4) is 0 Å². The van der Waals surface area contributed by atoms with Gasteiger partial charge in [0.2, 0.25) is 0 Å². The average Bonchev–Trinajstić information content (AvgIpc) is 2.78. The number of hydrogen-bond acceptors (Lipinski definition) is 6. The molecule has 1 N–H and O–H groups in total. The van der Waals surface area contributed by atoms with Crippen LogP contribution in [0.5, 0.6) is 0 Å². The average molecular weight is 483 g/mol. The number of carbonyl (C=O) groups is 2. The summed E-state index contributed by atoms with van der Waals surface area (Å²) in [6.45, 7) is 12.3. The Balaban J connectivity index is 2.71. The number of rotatable bonds is 17. The fourth-order valence-electron chi connectivity index (χ4n) is 3.59. The van der Waals surface area contributed by atoms with Crippen LogP contribution in [0.4, 0.5) is 4.79 Å². The third-order valence-corrected chi connectivity index (χ3v) is 8.22. The van der Waals surface area contributed by atoms with Crippen LogP contribution >= 0.6 is 0 Å². The Bertz CT molecular complexity index is 659. The highest BCUT2D eigenvalue weighted by Gasteiger charge is 2.39. The maximum Gasteiger partial charge on any atom is 0.500 e. The van der Waals surface area contributed by atoms with Crippen LogP contribution in [0, 0.1) is 0 Å². The Morgan fingerprint density at radius 2 is 1.58 bits per heavy atom. The summed E-state index contributed by atoms with van der Waals surface area (Å²) in [5.74, 6) is -0.302. The minimum atomic E-state index is -2.73. The predicted octanol–water partition coefficient (Wildman–Crippen LogP) is 4.02. The molecule has 1 unspecified atom stereocenters. The van der Waals surface area contributed by atoms with Gasteiger partial charge in [0.05, 0.1) is 13.0 Å². The molecule has 0 aliphatic carbocycles. The van der Waals surface area contributed by atoms with Crippen molar-refractivity contribution in [2.24, 2.45) is 0 Å². The number of ether oxygens (including phenoxy) is 1. The van der Waals surface area contributed by atoms with Gasteiger partial charge in [-0.2, -0.15) is 0 Å². The zero-order chi connectivity index (χ0) is 24.5. The van der Waals surface area contributed by atoms with E-state index in [0.717, 1.165) is 5.56 Å². The molecule has 0 fully saturated rings. The summed E-state index contributed by atoms with van der Waals surface area (Å²) in [5.41, 5.74) is 1.14. The van der Waals surface area contributed by atoms with Crippen LogP contribution in [0.2, 0.25) is 6.04 Å². The first-order chi connectivity index (χ1) is 15.9. The molecule has 1 rings (SSSR count). The molecular formula is C24H42N2O6Si. The molecule has 0 aromatic heterocycles. The number of urea groups is 1. The number of hydrogen-bond donors (Lipinski definition) is 1. The summed E-state index contributed by atoms with van der Waals surface area (Å²) < 4.78 is 22.7. The maximum atomic E-state index is 13.0. The molecule has 1 aromatic carbocycles. The molecule has 1 aromatic rings. The van der Waals surface area contributed by atoms with Gasteiger partial charge >= 0.3 is 20.8 Å². The molecular weight excluding hydrogens is 440 g/mol. The van der Waals surface area contributed by atoms with Gasteiger partial charge in [-0.1, -0.05) is 30.3 Å². The van der Waals surface area contributed by atoms with Gasteiger partial charge < -0.3 is 28.2 Å². The molecule has 0 saturated heterocycles. The smallest absolute Gasteiger partial charge is 0.466 e. The molecule has 33 heavy (non-hydrogen) atoms. The minimum Gasteiger partial charge on any atom is -0.466 e. The summed E-state index contributed by atoms with van der Waals surface area (Å²) in [4.78, 5) is 26.7. The molecule has 9 heteroatoms. The van der Waals surface area contributed by atoms with E-state index in [1.54, 1.807) is 11.8 Å². The van der Waals surface area contributed by atoms with E-state index in [9.17, 15) is 9.59 Å². The van der Waals surface area contributed by atoms with Crippen LogP contribution in [-0.2, 0) is 29.2 Å². The topological polar surface area (TPSA) is 86.3 Å². The molecule has 0 bridgehead atoms. The maximum absolute atomic E-state index is 13.0. The molecule has 1 atom stereocenters. The first kappa shape index (κ1) is 29.1. The lowest BCUT2D eigenvalue weighted by Gasteiger charge is -2.30. The highest BCUT2D eigenvalue weighted by atomic mass is 28.4. The number of esters is 1. The van der Waals surface area contributed by atoms with Crippen molar-refractivity contribution < 1.29 is 27.6 Å². The number of nitrogens with one attached hydrogen (secondary N) is 1. The first-order valence-electron chi connectivity index (χ1n) is 12.1. The van der Waals surface area contributed by atoms with Gasteiger partial charge in [-0.25, -0.2) is 4.79 Å². The third-order valence-electron chi connectivity index (χ3n) is 5.07. The largest absolute Gasteiger partial charge is 0.500 e. The van der Waals surface area contributed by atoms with Gasteiger partial charge in [0.25, 0.3) is 0 Å². The van der Waals surface area contributed by atoms with E-state index in [4.69, 9.17) is 18.0 Å². The van der Waals surface area contributed by atoms with Gasteiger partial charge in [-0.05, 0) is 53.0 Å².